The molecule has 0 atom stereocenters. The smallest absolute Gasteiger partial charge is 0.118 e. The Hall–Kier alpha value is -1.10. The van der Waals surface area contributed by atoms with Crippen LogP contribution in [0.5, 0.6) is 5.75 Å². The summed E-state index contributed by atoms with van der Waals surface area (Å²) >= 11 is 0. The summed E-state index contributed by atoms with van der Waals surface area (Å²) in [5.74, 6) is 0.901. The summed E-state index contributed by atoms with van der Waals surface area (Å²) in [5.41, 5.74) is 1.57. The van der Waals surface area contributed by atoms with Crippen LogP contribution in [-0.4, -0.2) is 46.8 Å². The molecule has 1 aromatic rings. The molecule has 0 heterocycles. The Labute approximate surface area is 127 Å². The van der Waals surface area contributed by atoms with E-state index in [0.29, 0.717) is 26.4 Å². The minimum Gasteiger partial charge on any atom is -0.497 e. The summed E-state index contributed by atoms with van der Waals surface area (Å²) in [6.45, 7) is 6.07. The van der Waals surface area contributed by atoms with Crippen LogP contribution in [0.3, 0.4) is 0 Å². The van der Waals surface area contributed by atoms with Crippen molar-refractivity contribution in [2.24, 2.45) is 0 Å². The van der Waals surface area contributed by atoms with E-state index >= 15 is 0 Å². The monoisotopic (exact) mass is 294 g/mol. The lowest BCUT2D eigenvalue weighted by atomic mass is 9.97. The number of methoxy groups -OCH3 is 1. The molecule has 1 aliphatic rings. The first-order chi connectivity index (χ1) is 10.3. The third kappa shape index (κ3) is 4.99. The Kier molecular flexibility index (Phi) is 6.49. The van der Waals surface area contributed by atoms with Crippen LogP contribution < -0.4 is 4.74 Å². The van der Waals surface area contributed by atoms with Gasteiger partial charge in [-0.3, -0.25) is 0 Å². The van der Waals surface area contributed by atoms with Crippen molar-refractivity contribution in [1.29, 1.82) is 0 Å². The summed E-state index contributed by atoms with van der Waals surface area (Å²) in [6.07, 6.45) is 2.40. The van der Waals surface area contributed by atoms with Crippen molar-refractivity contribution in [3.8, 4) is 5.75 Å². The zero-order valence-electron chi connectivity index (χ0n) is 13.1. The maximum atomic E-state index is 5.78. The number of ether oxygens (including phenoxy) is 4. The highest BCUT2D eigenvalue weighted by Crippen LogP contribution is 2.48. The van der Waals surface area contributed by atoms with E-state index < -0.39 is 0 Å². The van der Waals surface area contributed by atoms with Gasteiger partial charge in [-0.2, -0.15) is 0 Å². The van der Waals surface area contributed by atoms with Gasteiger partial charge in [-0.05, 0) is 37.5 Å². The zero-order chi connectivity index (χ0) is 15.0. The molecule has 0 spiro atoms. The van der Waals surface area contributed by atoms with Crippen LogP contribution in [0.15, 0.2) is 24.3 Å². The molecule has 1 fully saturated rings. The van der Waals surface area contributed by atoms with Crippen LogP contribution in [0, 0.1) is 0 Å². The van der Waals surface area contributed by atoms with Crippen molar-refractivity contribution in [2.45, 2.75) is 25.2 Å². The van der Waals surface area contributed by atoms with Crippen molar-refractivity contribution >= 4 is 0 Å². The molecule has 2 rings (SSSR count). The van der Waals surface area contributed by atoms with Crippen molar-refractivity contribution in [2.75, 3.05) is 46.8 Å². The molecule has 0 aliphatic heterocycles. The number of benzene rings is 1. The van der Waals surface area contributed by atoms with Crippen LogP contribution in [0.2, 0.25) is 0 Å². The van der Waals surface area contributed by atoms with Crippen LogP contribution in [-0.2, 0) is 19.6 Å². The molecule has 1 aliphatic carbocycles. The lowest BCUT2D eigenvalue weighted by Gasteiger charge is -2.16. The third-order valence-electron chi connectivity index (χ3n) is 3.88. The second-order valence-electron chi connectivity index (χ2n) is 5.37. The highest BCUT2D eigenvalue weighted by Gasteiger charge is 2.44. The van der Waals surface area contributed by atoms with Gasteiger partial charge in [0.15, 0.2) is 0 Å². The molecule has 4 nitrogen and oxygen atoms in total. The average molecular weight is 294 g/mol. The van der Waals surface area contributed by atoms with E-state index in [1.165, 1.54) is 18.4 Å². The van der Waals surface area contributed by atoms with Gasteiger partial charge in [0.2, 0.25) is 0 Å². The Morgan fingerprint density at radius 2 is 1.52 bits per heavy atom. The fraction of sp³-hybridized carbons (Fsp3) is 0.647. The van der Waals surface area contributed by atoms with Crippen molar-refractivity contribution in [1.82, 2.24) is 0 Å². The van der Waals surface area contributed by atoms with Crippen molar-refractivity contribution < 1.29 is 18.9 Å². The standard InChI is InChI=1S/C17H26O4/c1-3-19-10-11-20-12-13-21-14-17(8-9-17)15-4-6-16(18-2)7-5-15/h4-7H,3,8-14H2,1-2H3. The fourth-order valence-corrected chi connectivity index (χ4v) is 2.36. The van der Waals surface area contributed by atoms with Gasteiger partial charge in [0.25, 0.3) is 0 Å². The lowest BCUT2D eigenvalue weighted by Crippen LogP contribution is -2.18. The minimum atomic E-state index is 0.220. The molecule has 118 valence electrons. The Bertz CT molecular complexity index is 398. The fourth-order valence-electron chi connectivity index (χ4n) is 2.36. The molecule has 1 aromatic carbocycles. The Balaban J connectivity index is 1.63. The van der Waals surface area contributed by atoms with E-state index in [0.717, 1.165) is 19.0 Å². The Morgan fingerprint density at radius 1 is 0.905 bits per heavy atom. The van der Waals surface area contributed by atoms with Gasteiger partial charge in [-0.25, -0.2) is 0 Å². The normalized spacial score (nSPS) is 15.9. The molecule has 0 radical (unpaired) electrons. The third-order valence-corrected chi connectivity index (χ3v) is 3.88. The zero-order valence-corrected chi connectivity index (χ0v) is 13.1. The topological polar surface area (TPSA) is 36.9 Å². The first-order valence-corrected chi connectivity index (χ1v) is 7.68. The molecular formula is C17H26O4. The predicted octanol–water partition coefficient (Wildman–Crippen LogP) is 2.80. The first kappa shape index (κ1) is 16.3. The molecular weight excluding hydrogens is 268 g/mol. The van der Waals surface area contributed by atoms with E-state index in [-0.39, 0.29) is 5.41 Å². The predicted molar refractivity (Wildman–Crippen MR) is 82.0 cm³/mol. The lowest BCUT2D eigenvalue weighted by molar-refractivity contribution is 0.0124. The summed E-state index contributed by atoms with van der Waals surface area (Å²) < 4.78 is 21.6. The highest BCUT2D eigenvalue weighted by atomic mass is 16.5. The molecule has 21 heavy (non-hydrogen) atoms. The van der Waals surface area contributed by atoms with Crippen molar-refractivity contribution in [3.05, 3.63) is 29.8 Å². The molecule has 0 N–H and O–H groups in total. The van der Waals surface area contributed by atoms with E-state index in [9.17, 15) is 0 Å². The second kappa shape index (κ2) is 8.37. The van der Waals surface area contributed by atoms with Gasteiger partial charge in [0.05, 0.1) is 40.1 Å². The number of rotatable bonds is 11. The van der Waals surface area contributed by atoms with Crippen LogP contribution in [0.4, 0.5) is 0 Å². The molecule has 0 amide bonds. The van der Waals surface area contributed by atoms with E-state index in [1.54, 1.807) is 7.11 Å². The van der Waals surface area contributed by atoms with E-state index in [4.69, 9.17) is 18.9 Å². The van der Waals surface area contributed by atoms with Gasteiger partial charge >= 0.3 is 0 Å². The van der Waals surface area contributed by atoms with Crippen LogP contribution in [0.25, 0.3) is 0 Å². The Morgan fingerprint density at radius 3 is 2.10 bits per heavy atom. The summed E-state index contributed by atoms with van der Waals surface area (Å²) in [4.78, 5) is 0. The molecule has 4 heteroatoms. The van der Waals surface area contributed by atoms with Gasteiger partial charge in [0, 0.05) is 12.0 Å². The first-order valence-electron chi connectivity index (χ1n) is 7.68. The maximum absolute atomic E-state index is 5.78. The summed E-state index contributed by atoms with van der Waals surface area (Å²) in [6, 6.07) is 8.33. The average Bonchev–Trinajstić information content (AvgIpc) is 3.31. The van der Waals surface area contributed by atoms with Crippen LogP contribution in [0.1, 0.15) is 25.3 Å². The molecule has 0 saturated heterocycles. The molecule has 0 bridgehead atoms. The summed E-state index contributed by atoms with van der Waals surface area (Å²) in [5, 5.41) is 0. The maximum Gasteiger partial charge on any atom is 0.118 e. The van der Waals surface area contributed by atoms with Gasteiger partial charge in [-0.1, -0.05) is 12.1 Å². The molecule has 0 unspecified atom stereocenters. The number of hydrogen-bond acceptors (Lipinski definition) is 4. The minimum absolute atomic E-state index is 0.220. The second-order valence-corrected chi connectivity index (χ2v) is 5.37. The van der Waals surface area contributed by atoms with E-state index in [2.05, 4.69) is 12.1 Å². The van der Waals surface area contributed by atoms with Gasteiger partial charge in [-0.15, -0.1) is 0 Å². The van der Waals surface area contributed by atoms with Crippen molar-refractivity contribution in [3.63, 3.8) is 0 Å². The molecule has 1 saturated carbocycles. The quantitative estimate of drug-likeness (QED) is 0.588. The highest BCUT2D eigenvalue weighted by molar-refractivity contribution is 5.36. The van der Waals surface area contributed by atoms with Gasteiger partial charge < -0.3 is 18.9 Å². The van der Waals surface area contributed by atoms with Gasteiger partial charge in [0.1, 0.15) is 5.75 Å². The number of hydrogen-bond donors (Lipinski definition) is 0. The largest absolute Gasteiger partial charge is 0.497 e. The molecule has 0 aromatic heterocycles. The SMILES string of the molecule is CCOCCOCCOCC1(c2ccc(OC)cc2)CC1. The van der Waals surface area contributed by atoms with Crippen LogP contribution >= 0.6 is 0 Å². The summed E-state index contributed by atoms with van der Waals surface area (Å²) in [7, 11) is 1.69. The van der Waals surface area contributed by atoms with E-state index in [1.807, 2.05) is 19.1 Å².